The van der Waals surface area contributed by atoms with Crippen molar-refractivity contribution < 1.29 is 21.6 Å². The van der Waals surface area contributed by atoms with Gasteiger partial charge in [0.15, 0.2) is 6.54 Å². The van der Waals surface area contributed by atoms with E-state index in [4.69, 9.17) is 5.73 Å². The van der Waals surface area contributed by atoms with Crippen LogP contribution in [0.1, 0.15) is 6.92 Å². The molecule has 0 aromatic carbocycles. The summed E-state index contributed by atoms with van der Waals surface area (Å²) in [5, 5.41) is 3.55. The molecule has 0 aliphatic carbocycles. The van der Waals surface area contributed by atoms with Crippen molar-refractivity contribution in [1.82, 2.24) is 5.27 Å². The lowest BCUT2D eigenvalue weighted by Crippen LogP contribution is -3.00. The molecule has 0 atom stereocenters. The number of halogens is 1. The Balaban J connectivity index is 0.000000640. The van der Waals surface area contributed by atoms with Crippen LogP contribution < -0.4 is 22.8 Å². The Kier molecular flexibility index (Phi) is 3.01. The zero-order chi connectivity index (χ0) is 5.98. The van der Waals surface area contributed by atoms with Gasteiger partial charge in [0.05, 0.1) is 0 Å². The van der Waals surface area contributed by atoms with E-state index in [9.17, 15) is 0 Å². The highest BCUT2D eigenvalue weighted by molar-refractivity contribution is 5.11. The maximum absolute atomic E-state index is 5.20. The molecule has 52 valence electrons. The molecule has 0 spiro atoms. The van der Waals surface area contributed by atoms with Crippen molar-refractivity contribution in [2.75, 3.05) is 5.73 Å². The summed E-state index contributed by atoms with van der Waals surface area (Å²) >= 11 is 0. The SMILES string of the molecule is CC[n+]1cc(N)on1.[Cl-]. The van der Waals surface area contributed by atoms with E-state index >= 15 is 0 Å². The average Bonchev–Trinajstić information content (AvgIpc) is 2.14. The topological polar surface area (TPSA) is 55.9 Å². The van der Waals surface area contributed by atoms with Crippen LogP contribution in [0.2, 0.25) is 0 Å². The first-order valence-electron chi connectivity index (χ1n) is 2.45. The van der Waals surface area contributed by atoms with Gasteiger partial charge in [0.2, 0.25) is 5.27 Å². The van der Waals surface area contributed by atoms with E-state index in [0.717, 1.165) is 6.54 Å². The van der Waals surface area contributed by atoms with Gasteiger partial charge in [-0.05, 0) is 6.92 Å². The number of nitrogen functional groups attached to an aromatic ring is 1. The van der Waals surface area contributed by atoms with E-state index in [1.54, 1.807) is 10.9 Å². The van der Waals surface area contributed by atoms with Gasteiger partial charge >= 0.3 is 0 Å². The smallest absolute Gasteiger partial charge is 0.293 e. The number of hydrogen-bond donors (Lipinski definition) is 1. The molecule has 1 heterocycles. The Labute approximate surface area is 59.0 Å². The monoisotopic (exact) mass is 149 g/mol. The second-order valence-electron chi connectivity index (χ2n) is 1.46. The predicted molar refractivity (Wildman–Crippen MR) is 26.8 cm³/mol. The Morgan fingerprint density at radius 1 is 1.89 bits per heavy atom. The molecule has 0 aliphatic heterocycles. The number of aromatic nitrogens is 2. The summed E-state index contributed by atoms with van der Waals surface area (Å²) in [5.41, 5.74) is 5.20. The normalized spacial score (nSPS) is 8.56. The summed E-state index contributed by atoms with van der Waals surface area (Å²) in [6, 6.07) is 0. The molecule has 1 aromatic heterocycles. The zero-order valence-electron chi connectivity index (χ0n) is 5.04. The number of hydrogen-bond acceptors (Lipinski definition) is 3. The summed E-state index contributed by atoms with van der Waals surface area (Å²) in [7, 11) is 0. The van der Waals surface area contributed by atoms with Crippen LogP contribution in [-0.2, 0) is 6.54 Å². The largest absolute Gasteiger partial charge is 1.00 e. The molecule has 0 bridgehead atoms. The van der Waals surface area contributed by atoms with Crippen LogP contribution >= 0.6 is 0 Å². The Morgan fingerprint density at radius 3 is 2.78 bits per heavy atom. The van der Waals surface area contributed by atoms with Crippen LogP contribution in [0.5, 0.6) is 0 Å². The maximum Gasteiger partial charge on any atom is 0.293 e. The summed E-state index contributed by atoms with van der Waals surface area (Å²) in [5.74, 6) is 0.354. The summed E-state index contributed by atoms with van der Waals surface area (Å²) < 4.78 is 6.17. The molecule has 9 heavy (non-hydrogen) atoms. The van der Waals surface area contributed by atoms with Crippen molar-refractivity contribution in [3.05, 3.63) is 6.20 Å². The van der Waals surface area contributed by atoms with Crippen molar-refractivity contribution in [2.45, 2.75) is 13.5 Å². The molecule has 4 nitrogen and oxygen atoms in total. The third-order valence-corrected chi connectivity index (χ3v) is 0.851. The number of rotatable bonds is 1. The van der Waals surface area contributed by atoms with Gasteiger partial charge < -0.3 is 18.1 Å². The zero-order valence-corrected chi connectivity index (χ0v) is 5.80. The Hall–Kier alpha value is -0.770. The van der Waals surface area contributed by atoms with Gasteiger partial charge in [0.1, 0.15) is 0 Å². The van der Waals surface area contributed by atoms with Crippen LogP contribution in [0.25, 0.3) is 0 Å². The molecule has 0 aliphatic rings. The summed E-state index contributed by atoms with van der Waals surface area (Å²) in [6.45, 7) is 2.75. The highest BCUT2D eigenvalue weighted by Crippen LogP contribution is 1.88. The molecule has 0 unspecified atom stereocenters. The molecule has 5 heteroatoms. The van der Waals surface area contributed by atoms with Gasteiger partial charge in [-0.2, -0.15) is 0 Å². The molecule has 0 saturated carbocycles. The molecule has 1 rings (SSSR count). The number of aryl methyl sites for hydroxylation is 1. The third-order valence-electron chi connectivity index (χ3n) is 0.851. The van der Waals surface area contributed by atoms with Crippen molar-refractivity contribution in [1.29, 1.82) is 0 Å². The standard InChI is InChI=1S/C4H8N3O.ClH/c1-2-7-3-4(5)8-6-7;/h3H,2,5H2,1H3;1H/q+1;/p-1. The second kappa shape index (κ2) is 3.29. The fourth-order valence-electron chi connectivity index (χ4n) is 0.443. The minimum absolute atomic E-state index is 0. The van der Waals surface area contributed by atoms with E-state index < -0.39 is 0 Å². The van der Waals surface area contributed by atoms with Gasteiger partial charge in [-0.1, -0.05) is 4.68 Å². The maximum atomic E-state index is 5.20. The molecule has 2 N–H and O–H groups in total. The van der Waals surface area contributed by atoms with Gasteiger partial charge in [-0.3, -0.25) is 4.52 Å². The molecule has 0 amide bonds. The lowest BCUT2D eigenvalue weighted by Gasteiger charge is -1.68. The first kappa shape index (κ1) is 8.23. The van der Waals surface area contributed by atoms with Crippen molar-refractivity contribution in [2.24, 2.45) is 0 Å². The lowest BCUT2D eigenvalue weighted by molar-refractivity contribution is -0.759. The minimum atomic E-state index is 0. The Bertz CT molecular complexity index is 176. The highest BCUT2D eigenvalue weighted by Gasteiger charge is 2.02. The van der Waals surface area contributed by atoms with Crippen LogP contribution in [0.15, 0.2) is 10.7 Å². The third kappa shape index (κ3) is 1.89. The first-order chi connectivity index (χ1) is 3.83. The molecule has 0 radical (unpaired) electrons. The van der Waals surface area contributed by atoms with Crippen LogP contribution in [0, 0.1) is 0 Å². The minimum Gasteiger partial charge on any atom is -1.00 e. The second-order valence-corrected chi connectivity index (χ2v) is 1.46. The van der Waals surface area contributed by atoms with Crippen LogP contribution in [0.3, 0.4) is 0 Å². The fraction of sp³-hybridized carbons (Fsp3) is 0.500. The molecule has 0 saturated heterocycles. The Morgan fingerprint density at radius 2 is 2.56 bits per heavy atom. The first-order valence-corrected chi connectivity index (χ1v) is 2.45. The van der Waals surface area contributed by atoms with Gasteiger partial charge in [0.25, 0.3) is 12.1 Å². The summed E-state index contributed by atoms with van der Waals surface area (Å²) in [6.07, 6.45) is 1.64. The highest BCUT2D eigenvalue weighted by atomic mass is 35.5. The fourth-order valence-corrected chi connectivity index (χ4v) is 0.443. The number of anilines is 1. The summed E-state index contributed by atoms with van der Waals surface area (Å²) in [4.78, 5) is 0. The van der Waals surface area contributed by atoms with E-state index in [-0.39, 0.29) is 12.4 Å². The quantitative estimate of drug-likeness (QED) is 0.423. The number of nitrogens with two attached hydrogens (primary N) is 1. The van der Waals surface area contributed by atoms with E-state index in [0.29, 0.717) is 5.88 Å². The molecule has 0 fully saturated rings. The van der Waals surface area contributed by atoms with Gasteiger partial charge in [-0.15, -0.1) is 0 Å². The van der Waals surface area contributed by atoms with Gasteiger partial charge in [0, 0.05) is 0 Å². The van der Waals surface area contributed by atoms with Crippen LogP contribution in [-0.4, -0.2) is 5.27 Å². The van der Waals surface area contributed by atoms with E-state index in [1.807, 2.05) is 6.92 Å². The molecular weight excluding hydrogens is 142 g/mol. The van der Waals surface area contributed by atoms with Crippen molar-refractivity contribution in [3.63, 3.8) is 0 Å². The van der Waals surface area contributed by atoms with E-state index in [2.05, 4.69) is 9.79 Å². The van der Waals surface area contributed by atoms with E-state index in [1.165, 1.54) is 0 Å². The molecule has 1 aromatic rings. The number of nitrogens with zero attached hydrogens (tertiary/aromatic N) is 2. The lowest BCUT2D eigenvalue weighted by atomic mass is 10.7. The van der Waals surface area contributed by atoms with Crippen molar-refractivity contribution in [3.8, 4) is 0 Å². The molecular formula is C4H8ClN3O. The van der Waals surface area contributed by atoms with Gasteiger partial charge in [-0.25, -0.2) is 0 Å². The van der Waals surface area contributed by atoms with Crippen molar-refractivity contribution >= 4 is 5.88 Å². The average molecular weight is 150 g/mol. The predicted octanol–water partition coefficient (Wildman–Crippen LogP) is -3.43. The van der Waals surface area contributed by atoms with Crippen LogP contribution in [0.4, 0.5) is 5.88 Å².